The Bertz CT molecular complexity index is 562. The molecular formula is C36H69O3PS3. The average molecular weight is 677 g/mol. The van der Waals surface area contributed by atoms with Crippen molar-refractivity contribution >= 4 is 55.0 Å². The van der Waals surface area contributed by atoms with Crippen molar-refractivity contribution < 1.29 is 14.4 Å². The largest absolute Gasteiger partial charge is 0.287 e. The van der Waals surface area contributed by atoms with Crippen LogP contribution in [0, 0.1) is 0 Å². The molecule has 0 aromatic rings. The standard InChI is InChI=1S/C36H69O3PS3/c1-4-7-10-13-16-19-22-25-28-31-34(37)41-40(42-35(38)32-29-26-23-20-17-14-11-8-5-2)43-36(39)33-30-27-24-21-18-15-12-9-6-3/h4-33H2,1-3H3. The minimum Gasteiger partial charge on any atom is -0.287 e. The van der Waals surface area contributed by atoms with Gasteiger partial charge in [-0.05, 0) is 53.4 Å². The van der Waals surface area contributed by atoms with E-state index < -0.39 is 5.53 Å². The normalized spacial score (nSPS) is 11.4. The Hall–Kier alpha value is 0.490. The molecule has 0 aromatic heterocycles. The van der Waals surface area contributed by atoms with Crippen molar-refractivity contribution in [1.29, 1.82) is 0 Å². The van der Waals surface area contributed by atoms with E-state index in [4.69, 9.17) is 0 Å². The summed E-state index contributed by atoms with van der Waals surface area (Å²) in [5.41, 5.74) is -1.09. The zero-order valence-corrected chi connectivity index (χ0v) is 32.0. The molecule has 0 radical (unpaired) electrons. The van der Waals surface area contributed by atoms with Gasteiger partial charge in [-0.2, -0.15) is 0 Å². The van der Waals surface area contributed by atoms with Crippen LogP contribution in [-0.4, -0.2) is 15.3 Å². The van der Waals surface area contributed by atoms with Crippen molar-refractivity contribution in [2.24, 2.45) is 0 Å². The highest BCUT2D eigenvalue weighted by Crippen LogP contribution is 2.71. The lowest BCUT2D eigenvalue weighted by Gasteiger charge is -2.13. The van der Waals surface area contributed by atoms with E-state index in [1.165, 1.54) is 169 Å². The fourth-order valence-corrected chi connectivity index (χ4v) is 14.6. The maximum Gasteiger partial charge on any atom is 0.194 e. The van der Waals surface area contributed by atoms with Gasteiger partial charge in [-0.1, -0.05) is 175 Å². The molecular weight excluding hydrogens is 608 g/mol. The van der Waals surface area contributed by atoms with Crippen LogP contribution in [0.4, 0.5) is 0 Å². The first-order valence-electron chi connectivity index (χ1n) is 18.5. The topological polar surface area (TPSA) is 51.2 Å². The van der Waals surface area contributed by atoms with E-state index in [0.29, 0.717) is 19.3 Å². The lowest BCUT2D eigenvalue weighted by molar-refractivity contribution is -0.111. The van der Waals surface area contributed by atoms with Gasteiger partial charge in [-0.3, -0.25) is 14.4 Å². The first kappa shape index (κ1) is 43.5. The summed E-state index contributed by atoms with van der Waals surface area (Å²) >= 11 is 3.91. The van der Waals surface area contributed by atoms with Crippen molar-refractivity contribution in [1.82, 2.24) is 0 Å². The van der Waals surface area contributed by atoms with E-state index in [9.17, 15) is 14.4 Å². The van der Waals surface area contributed by atoms with E-state index in [0.717, 1.165) is 38.5 Å². The summed E-state index contributed by atoms with van der Waals surface area (Å²) in [6.45, 7) is 6.75. The summed E-state index contributed by atoms with van der Waals surface area (Å²) in [6, 6.07) is 0. The number of carbonyl (C=O) groups is 3. The first-order valence-corrected chi connectivity index (χ1v) is 24.1. The second kappa shape index (κ2) is 35.3. The van der Waals surface area contributed by atoms with Crippen LogP contribution < -0.4 is 0 Å². The lowest BCUT2D eigenvalue weighted by atomic mass is 10.1. The molecule has 0 heterocycles. The number of hydrogen-bond acceptors (Lipinski definition) is 6. The maximum absolute atomic E-state index is 12.8. The molecule has 0 bridgehead atoms. The Kier molecular flexibility index (Phi) is 35.7. The summed E-state index contributed by atoms with van der Waals surface area (Å²) in [5, 5.41) is 0.502. The van der Waals surface area contributed by atoms with Gasteiger partial charge in [0.1, 0.15) is 0 Å². The smallest absolute Gasteiger partial charge is 0.194 e. The molecule has 0 unspecified atom stereocenters. The lowest BCUT2D eigenvalue weighted by Crippen LogP contribution is -1.95. The molecule has 0 atom stereocenters. The van der Waals surface area contributed by atoms with Gasteiger partial charge in [0.2, 0.25) is 0 Å². The van der Waals surface area contributed by atoms with Crippen LogP contribution in [0.1, 0.15) is 213 Å². The van der Waals surface area contributed by atoms with Gasteiger partial charge in [0.05, 0.1) is 5.53 Å². The zero-order chi connectivity index (χ0) is 31.6. The van der Waals surface area contributed by atoms with Crippen LogP contribution in [-0.2, 0) is 14.4 Å². The second-order valence-corrected chi connectivity index (χ2v) is 21.7. The minimum absolute atomic E-state index is 0.167. The summed E-state index contributed by atoms with van der Waals surface area (Å²) in [5.74, 6) is 0. The molecule has 0 saturated carbocycles. The van der Waals surface area contributed by atoms with Crippen molar-refractivity contribution in [2.45, 2.75) is 213 Å². The van der Waals surface area contributed by atoms with Crippen molar-refractivity contribution in [3.8, 4) is 0 Å². The third kappa shape index (κ3) is 33.7. The monoisotopic (exact) mass is 676 g/mol. The predicted molar refractivity (Wildman–Crippen MR) is 200 cm³/mol. The second-order valence-electron chi connectivity index (χ2n) is 12.3. The van der Waals surface area contributed by atoms with Crippen LogP contribution in [0.3, 0.4) is 0 Å². The molecule has 43 heavy (non-hydrogen) atoms. The number of hydrogen-bond donors (Lipinski definition) is 0. The summed E-state index contributed by atoms with van der Waals surface area (Å²) < 4.78 is 0. The van der Waals surface area contributed by atoms with Crippen LogP contribution >= 0.6 is 39.7 Å². The summed E-state index contributed by atoms with van der Waals surface area (Å²) in [7, 11) is 0. The van der Waals surface area contributed by atoms with Crippen molar-refractivity contribution in [2.75, 3.05) is 0 Å². The highest BCUT2D eigenvalue weighted by Gasteiger charge is 2.23. The van der Waals surface area contributed by atoms with Gasteiger partial charge >= 0.3 is 0 Å². The fraction of sp³-hybridized carbons (Fsp3) is 0.917. The number of unbranched alkanes of at least 4 members (excludes halogenated alkanes) is 24. The van der Waals surface area contributed by atoms with Gasteiger partial charge in [-0.15, -0.1) is 0 Å². The van der Waals surface area contributed by atoms with Crippen LogP contribution in [0.25, 0.3) is 0 Å². The van der Waals surface area contributed by atoms with E-state index in [2.05, 4.69) is 20.8 Å². The van der Waals surface area contributed by atoms with Crippen molar-refractivity contribution in [3.63, 3.8) is 0 Å². The molecule has 0 rings (SSSR count). The minimum atomic E-state index is -1.09. The molecule has 0 aromatic carbocycles. The molecule has 0 amide bonds. The summed E-state index contributed by atoms with van der Waals surface area (Å²) in [4.78, 5) is 38.4. The van der Waals surface area contributed by atoms with Gasteiger partial charge in [0.15, 0.2) is 15.3 Å². The number of carbonyl (C=O) groups excluding carboxylic acids is 3. The molecule has 0 fully saturated rings. The van der Waals surface area contributed by atoms with Crippen LogP contribution in [0.15, 0.2) is 0 Å². The Morgan fingerprint density at radius 2 is 0.512 bits per heavy atom. The summed E-state index contributed by atoms with van der Waals surface area (Å²) in [6.07, 6.45) is 35.1. The fourth-order valence-electron chi connectivity index (χ4n) is 5.18. The Morgan fingerprint density at radius 3 is 0.721 bits per heavy atom. The molecule has 254 valence electrons. The maximum atomic E-state index is 12.8. The van der Waals surface area contributed by atoms with Crippen LogP contribution in [0.5, 0.6) is 0 Å². The predicted octanol–water partition coefficient (Wildman–Crippen LogP) is 14.8. The Morgan fingerprint density at radius 1 is 0.326 bits per heavy atom. The molecule has 0 aliphatic carbocycles. The third-order valence-corrected chi connectivity index (χ3v) is 16.9. The zero-order valence-electron chi connectivity index (χ0n) is 28.6. The highest BCUT2D eigenvalue weighted by molar-refractivity contribution is 9.18. The Labute approximate surface area is 281 Å². The van der Waals surface area contributed by atoms with Crippen molar-refractivity contribution in [3.05, 3.63) is 0 Å². The van der Waals surface area contributed by atoms with Gasteiger partial charge in [0.25, 0.3) is 0 Å². The van der Waals surface area contributed by atoms with Gasteiger partial charge in [-0.25, -0.2) is 0 Å². The first-order chi connectivity index (χ1) is 21.0. The quantitative estimate of drug-likeness (QED) is 0.0509. The van der Waals surface area contributed by atoms with Crippen LogP contribution in [0.2, 0.25) is 0 Å². The molecule has 0 aliphatic rings. The molecule has 0 saturated heterocycles. The van der Waals surface area contributed by atoms with Gasteiger partial charge in [0, 0.05) is 19.3 Å². The van der Waals surface area contributed by atoms with E-state index in [1.54, 1.807) is 0 Å². The molecule has 0 N–H and O–H groups in total. The molecule has 0 aliphatic heterocycles. The number of rotatable bonds is 33. The molecule has 3 nitrogen and oxygen atoms in total. The Balaban J connectivity index is 4.38. The SMILES string of the molecule is CCCCCCCCCCCC(=O)SP(SC(=O)CCCCCCCCCCC)SC(=O)CCCCCCCCCCC. The van der Waals surface area contributed by atoms with Gasteiger partial charge < -0.3 is 0 Å². The average Bonchev–Trinajstić information content (AvgIpc) is 2.98. The highest BCUT2D eigenvalue weighted by atomic mass is 33.4. The van der Waals surface area contributed by atoms with E-state index >= 15 is 0 Å². The molecule has 0 spiro atoms. The third-order valence-electron chi connectivity index (χ3n) is 7.98. The molecule has 7 heteroatoms. The van der Waals surface area contributed by atoms with E-state index in [1.807, 2.05) is 0 Å². The van der Waals surface area contributed by atoms with E-state index in [-0.39, 0.29) is 15.3 Å².